The summed E-state index contributed by atoms with van der Waals surface area (Å²) >= 11 is 0. The summed E-state index contributed by atoms with van der Waals surface area (Å²) in [6, 6.07) is 5.04. The molecular weight excluding hydrogens is 253 g/mol. The smallest absolute Gasteiger partial charge is 0.128 e. The lowest BCUT2D eigenvalue weighted by molar-refractivity contribution is 0.0824. The van der Waals surface area contributed by atoms with Crippen molar-refractivity contribution in [3.63, 3.8) is 0 Å². The van der Waals surface area contributed by atoms with Crippen LogP contribution in [0.3, 0.4) is 0 Å². The Morgan fingerprint density at radius 3 is 2.60 bits per heavy atom. The fraction of sp³-hybridized carbons (Fsp3) is 0.625. The highest BCUT2D eigenvalue weighted by molar-refractivity contribution is 5.29. The van der Waals surface area contributed by atoms with Crippen molar-refractivity contribution in [1.82, 2.24) is 10.3 Å². The lowest BCUT2D eigenvalue weighted by Gasteiger charge is -2.44. The number of nitrogens with two attached hydrogens (primary N) is 1. The first kappa shape index (κ1) is 15.4. The zero-order chi connectivity index (χ0) is 14.8. The monoisotopic (exact) mass is 279 g/mol. The van der Waals surface area contributed by atoms with Gasteiger partial charge < -0.3 is 0 Å². The maximum Gasteiger partial charge on any atom is 0.128 e. The van der Waals surface area contributed by atoms with Gasteiger partial charge in [-0.25, -0.2) is 4.39 Å². The number of hydrogen-bond donors (Lipinski definition) is 2. The highest BCUT2D eigenvalue weighted by Crippen LogP contribution is 2.37. The minimum Gasteiger partial charge on any atom is -0.296 e. The van der Waals surface area contributed by atoms with E-state index in [1.807, 2.05) is 13.0 Å². The third-order valence-corrected chi connectivity index (χ3v) is 4.80. The molecule has 0 spiro atoms. The molecule has 1 saturated heterocycles. The Morgan fingerprint density at radius 1 is 1.40 bits per heavy atom. The predicted octanol–water partition coefficient (Wildman–Crippen LogP) is 2.90. The summed E-state index contributed by atoms with van der Waals surface area (Å²) in [5.74, 6) is 5.63. The lowest BCUT2D eigenvalue weighted by Crippen LogP contribution is -2.55. The molecule has 0 saturated carbocycles. The third kappa shape index (κ3) is 2.73. The molecule has 1 heterocycles. The molecular formula is C16H26FN3. The molecule has 1 aromatic rings. The van der Waals surface area contributed by atoms with Crippen LogP contribution in [0.25, 0.3) is 0 Å². The van der Waals surface area contributed by atoms with Gasteiger partial charge in [-0.3, -0.25) is 16.2 Å². The van der Waals surface area contributed by atoms with E-state index < -0.39 is 0 Å². The van der Waals surface area contributed by atoms with Crippen LogP contribution in [-0.2, 0) is 0 Å². The Balaban J connectivity index is 2.40. The van der Waals surface area contributed by atoms with Gasteiger partial charge in [0.05, 0.1) is 6.04 Å². The maximum absolute atomic E-state index is 14.2. The molecule has 1 aliphatic rings. The second kappa shape index (κ2) is 6.20. The highest BCUT2D eigenvalue weighted by atomic mass is 19.1. The van der Waals surface area contributed by atoms with E-state index >= 15 is 0 Å². The van der Waals surface area contributed by atoms with E-state index in [-0.39, 0.29) is 17.4 Å². The number of nitrogens with zero attached hydrogens (tertiary/aromatic N) is 1. The minimum absolute atomic E-state index is 0.167. The molecule has 1 aromatic carbocycles. The standard InChI is InChI=1S/C16H26FN3/c1-4-16(3,20-9-5-6-10-20)15(19-18)13-11-12(2)7-8-14(13)17/h7-8,11,15,19H,4-6,9-10,18H2,1-3H3. The van der Waals surface area contributed by atoms with Gasteiger partial charge in [0.15, 0.2) is 0 Å². The molecule has 0 aliphatic carbocycles. The Bertz CT molecular complexity index is 457. The summed E-state index contributed by atoms with van der Waals surface area (Å²) in [6.45, 7) is 8.45. The zero-order valence-corrected chi connectivity index (χ0v) is 12.7. The van der Waals surface area contributed by atoms with Gasteiger partial charge in [-0.05, 0) is 52.3 Å². The number of hydrogen-bond acceptors (Lipinski definition) is 3. The summed E-state index contributed by atoms with van der Waals surface area (Å²) in [5.41, 5.74) is 4.43. The van der Waals surface area contributed by atoms with Gasteiger partial charge in [-0.1, -0.05) is 24.6 Å². The van der Waals surface area contributed by atoms with Crippen molar-refractivity contribution < 1.29 is 4.39 Å². The minimum atomic E-state index is -0.203. The molecule has 2 atom stereocenters. The number of benzene rings is 1. The van der Waals surface area contributed by atoms with Crippen molar-refractivity contribution in [1.29, 1.82) is 0 Å². The second-order valence-electron chi connectivity index (χ2n) is 6.03. The van der Waals surface area contributed by atoms with E-state index in [1.54, 1.807) is 6.07 Å². The number of aryl methyl sites for hydroxylation is 1. The molecule has 3 N–H and O–H groups in total. The zero-order valence-electron chi connectivity index (χ0n) is 12.7. The lowest BCUT2D eigenvalue weighted by atomic mass is 9.83. The summed E-state index contributed by atoms with van der Waals surface area (Å²) in [5, 5.41) is 0. The van der Waals surface area contributed by atoms with Crippen LogP contribution in [0.5, 0.6) is 0 Å². The van der Waals surface area contributed by atoms with Gasteiger partial charge in [0, 0.05) is 11.1 Å². The number of hydrazine groups is 1. The van der Waals surface area contributed by atoms with Crippen LogP contribution in [0.15, 0.2) is 18.2 Å². The molecule has 1 fully saturated rings. The normalized spacial score (nSPS) is 20.9. The van der Waals surface area contributed by atoms with Gasteiger partial charge in [0.2, 0.25) is 0 Å². The molecule has 0 radical (unpaired) electrons. The van der Waals surface area contributed by atoms with Gasteiger partial charge in [-0.2, -0.15) is 0 Å². The van der Waals surface area contributed by atoms with Crippen molar-refractivity contribution in [2.75, 3.05) is 13.1 Å². The highest BCUT2D eigenvalue weighted by Gasteiger charge is 2.40. The van der Waals surface area contributed by atoms with Gasteiger partial charge >= 0.3 is 0 Å². The SMILES string of the molecule is CCC(C)(C(NN)c1cc(C)ccc1F)N1CCCC1. The summed E-state index contributed by atoms with van der Waals surface area (Å²) in [4.78, 5) is 2.44. The van der Waals surface area contributed by atoms with Crippen molar-refractivity contribution in [2.24, 2.45) is 5.84 Å². The molecule has 2 unspecified atom stereocenters. The number of likely N-dealkylation sites (tertiary alicyclic amines) is 1. The van der Waals surface area contributed by atoms with E-state index in [9.17, 15) is 4.39 Å². The first-order chi connectivity index (χ1) is 9.52. The molecule has 1 aliphatic heterocycles. The van der Waals surface area contributed by atoms with Crippen molar-refractivity contribution in [3.8, 4) is 0 Å². The molecule has 0 amide bonds. The fourth-order valence-electron chi connectivity index (χ4n) is 3.33. The maximum atomic E-state index is 14.2. The first-order valence-corrected chi connectivity index (χ1v) is 7.50. The van der Waals surface area contributed by atoms with E-state index in [0.717, 1.165) is 25.1 Å². The van der Waals surface area contributed by atoms with E-state index in [4.69, 9.17) is 5.84 Å². The van der Waals surface area contributed by atoms with Crippen molar-refractivity contribution in [3.05, 3.63) is 35.1 Å². The van der Waals surface area contributed by atoms with Gasteiger partial charge in [-0.15, -0.1) is 0 Å². The van der Waals surface area contributed by atoms with Crippen molar-refractivity contribution in [2.45, 2.75) is 51.6 Å². The Kier molecular flexibility index (Phi) is 4.78. The molecule has 20 heavy (non-hydrogen) atoms. The number of rotatable bonds is 5. The van der Waals surface area contributed by atoms with E-state index in [2.05, 4.69) is 24.2 Å². The van der Waals surface area contributed by atoms with E-state index in [1.165, 1.54) is 18.9 Å². The molecule has 112 valence electrons. The van der Waals surface area contributed by atoms with Crippen LogP contribution in [0.2, 0.25) is 0 Å². The number of nitrogens with one attached hydrogen (secondary N) is 1. The van der Waals surface area contributed by atoms with Crippen LogP contribution in [0.4, 0.5) is 4.39 Å². The molecule has 0 bridgehead atoms. The predicted molar refractivity (Wildman–Crippen MR) is 80.7 cm³/mol. The molecule has 0 aromatic heterocycles. The Labute approximate surface area is 121 Å². The summed E-state index contributed by atoms with van der Waals surface area (Å²) in [6.07, 6.45) is 3.35. The summed E-state index contributed by atoms with van der Waals surface area (Å²) < 4.78 is 14.2. The first-order valence-electron chi connectivity index (χ1n) is 7.50. The van der Waals surface area contributed by atoms with Crippen LogP contribution in [0, 0.1) is 12.7 Å². The Morgan fingerprint density at radius 2 is 2.05 bits per heavy atom. The average Bonchev–Trinajstić information content (AvgIpc) is 2.97. The fourth-order valence-corrected chi connectivity index (χ4v) is 3.33. The molecule has 3 nitrogen and oxygen atoms in total. The molecule has 4 heteroatoms. The average molecular weight is 279 g/mol. The van der Waals surface area contributed by atoms with Crippen molar-refractivity contribution >= 4 is 0 Å². The van der Waals surface area contributed by atoms with Crippen LogP contribution < -0.4 is 11.3 Å². The number of halogens is 1. The van der Waals surface area contributed by atoms with Gasteiger partial charge in [0.25, 0.3) is 0 Å². The largest absolute Gasteiger partial charge is 0.296 e. The van der Waals surface area contributed by atoms with Crippen LogP contribution in [0.1, 0.15) is 50.3 Å². The Hall–Kier alpha value is -0.970. The third-order valence-electron chi connectivity index (χ3n) is 4.80. The summed E-state index contributed by atoms with van der Waals surface area (Å²) in [7, 11) is 0. The van der Waals surface area contributed by atoms with Gasteiger partial charge in [0.1, 0.15) is 5.82 Å². The quantitative estimate of drug-likeness (QED) is 0.643. The second-order valence-corrected chi connectivity index (χ2v) is 6.03. The van der Waals surface area contributed by atoms with Crippen LogP contribution in [-0.4, -0.2) is 23.5 Å². The van der Waals surface area contributed by atoms with E-state index in [0.29, 0.717) is 5.56 Å². The van der Waals surface area contributed by atoms with Crippen LogP contribution >= 0.6 is 0 Å². The molecule has 2 rings (SSSR count). The topological polar surface area (TPSA) is 41.3 Å².